The Balaban J connectivity index is 1.92. The molecule has 3 aromatic heterocycles. The van der Waals surface area contributed by atoms with E-state index < -0.39 is 5.97 Å². The highest BCUT2D eigenvalue weighted by atomic mass is 32.1. The van der Waals surface area contributed by atoms with Crippen molar-refractivity contribution in [1.82, 2.24) is 19.6 Å². The summed E-state index contributed by atoms with van der Waals surface area (Å²) >= 11 is 1.76. The molecule has 0 amide bonds. The van der Waals surface area contributed by atoms with Crippen molar-refractivity contribution < 1.29 is 9.90 Å². The van der Waals surface area contributed by atoms with E-state index in [0.717, 1.165) is 34.5 Å². The molecule has 23 heavy (non-hydrogen) atoms. The van der Waals surface area contributed by atoms with Crippen LogP contribution in [0.4, 0.5) is 0 Å². The number of aromatic nitrogens is 4. The number of aryl methyl sites for hydroxylation is 3. The summed E-state index contributed by atoms with van der Waals surface area (Å²) in [5.74, 6) is 0.912. The van der Waals surface area contributed by atoms with E-state index in [9.17, 15) is 9.90 Å². The highest BCUT2D eigenvalue weighted by Crippen LogP contribution is 2.38. The third-order valence-corrected chi connectivity index (χ3v) is 5.67. The lowest BCUT2D eigenvalue weighted by atomic mass is 9.89. The second kappa shape index (κ2) is 5.26. The number of thiophene rings is 1. The average molecular weight is 329 g/mol. The summed E-state index contributed by atoms with van der Waals surface area (Å²) in [6, 6.07) is 0. The Hall–Kier alpha value is -2.02. The van der Waals surface area contributed by atoms with E-state index in [2.05, 4.69) is 17.0 Å². The fourth-order valence-electron chi connectivity index (χ4n) is 3.31. The Labute approximate surface area is 137 Å². The summed E-state index contributed by atoms with van der Waals surface area (Å²) in [6.07, 6.45) is 3.60. The highest BCUT2D eigenvalue weighted by molar-refractivity contribution is 7.19. The van der Waals surface area contributed by atoms with Gasteiger partial charge in [-0.15, -0.1) is 16.4 Å². The predicted molar refractivity (Wildman–Crippen MR) is 85.4 cm³/mol. The van der Waals surface area contributed by atoms with Crippen molar-refractivity contribution in [1.29, 1.82) is 0 Å². The van der Waals surface area contributed by atoms with Crippen LogP contribution in [-0.4, -0.2) is 25.6 Å². The van der Waals surface area contributed by atoms with E-state index in [4.69, 9.17) is 4.98 Å². The van der Waals surface area contributed by atoms with Crippen molar-refractivity contribution >= 4 is 33.2 Å². The maximum absolute atomic E-state index is 10.7. The fraction of sp³-hybridized carbons (Fsp3) is 0.500. The fourth-order valence-corrected chi connectivity index (χ4v) is 4.57. The van der Waals surface area contributed by atoms with Crippen LogP contribution in [0.25, 0.3) is 15.9 Å². The molecule has 7 heteroatoms. The molecule has 6 nitrogen and oxygen atoms in total. The standard InChI is InChI=1S/C16H18N4O2S/c1-8-3-4-11-10(7-8)14-15-18-12(5-6-13(21)22)19-20(15)9(2)17-16(14)23-11/h8H,3-7H2,1-2H3,(H,21,22)/p-1/t8-/m1/s1. The van der Waals surface area contributed by atoms with Crippen LogP contribution in [0.2, 0.25) is 0 Å². The summed E-state index contributed by atoms with van der Waals surface area (Å²) in [7, 11) is 0. The van der Waals surface area contributed by atoms with Gasteiger partial charge in [-0.3, -0.25) is 0 Å². The number of fused-ring (bicyclic) bond motifs is 5. The van der Waals surface area contributed by atoms with Gasteiger partial charge in [0.15, 0.2) is 11.5 Å². The van der Waals surface area contributed by atoms with Crippen molar-refractivity contribution in [2.24, 2.45) is 5.92 Å². The Kier molecular flexibility index (Phi) is 3.33. The minimum absolute atomic E-state index is 0.0642. The molecule has 120 valence electrons. The van der Waals surface area contributed by atoms with Crippen LogP contribution in [0.15, 0.2) is 0 Å². The van der Waals surface area contributed by atoms with Gasteiger partial charge in [0.2, 0.25) is 0 Å². The Morgan fingerprint density at radius 2 is 2.26 bits per heavy atom. The molecule has 3 aromatic rings. The lowest BCUT2D eigenvalue weighted by molar-refractivity contribution is -0.305. The SMILES string of the molecule is Cc1nc2sc3c(c2c2nc(CCC(=O)[O-])nn12)C[C@H](C)CC3. The number of carbonyl (C=O) groups excluding carboxylic acids is 1. The molecule has 1 atom stereocenters. The molecule has 0 bridgehead atoms. The quantitative estimate of drug-likeness (QED) is 0.726. The van der Waals surface area contributed by atoms with Crippen molar-refractivity contribution in [3.8, 4) is 0 Å². The van der Waals surface area contributed by atoms with Gasteiger partial charge in [-0.25, -0.2) is 9.97 Å². The first-order valence-corrected chi connectivity index (χ1v) is 8.71. The molecule has 3 heterocycles. The first-order valence-electron chi connectivity index (χ1n) is 7.89. The summed E-state index contributed by atoms with van der Waals surface area (Å²) in [5, 5.41) is 16.2. The van der Waals surface area contributed by atoms with Gasteiger partial charge >= 0.3 is 0 Å². The molecule has 0 radical (unpaired) electrons. The van der Waals surface area contributed by atoms with Crippen molar-refractivity contribution in [3.63, 3.8) is 0 Å². The van der Waals surface area contributed by atoms with E-state index in [1.54, 1.807) is 15.9 Å². The topological polar surface area (TPSA) is 83.2 Å². The molecule has 0 spiro atoms. The highest BCUT2D eigenvalue weighted by Gasteiger charge is 2.24. The van der Waals surface area contributed by atoms with Crippen molar-refractivity contribution in [2.45, 2.75) is 46.0 Å². The van der Waals surface area contributed by atoms with E-state index >= 15 is 0 Å². The minimum atomic E-state index is -1.08. The molecule has 0 saturated heterocycles. The number of rotatable bonds is 3. The van der Waals surface area contributed by atoms with Gasteiger partial charge < -0.3 is 9.90 Å². The third kappa shape index (κ3) is 2.39. The summed E-state index contributed by atoms with van der Waals surface area (Å²) in [5.41, 5.74) is 2.17. The number of aliphatic carboxylic acids is 1. The van der Waals surface area contributed by atoms with E-state index in [0.29, 0.717) is 11.7 Å². The van der Waals surface area contributed by atoms with Gasteiger partial charge in [0, 0.05) is 17.3 Å². The molecular weight excluding hydrogens is 312 g/mol. The molecule has 4 rings (SSSR count). The van der Waals surface area contributed by atoms with E-state index in [1.165, 1.54) is 16.9 Å². The third-order valence-electron chi connectivity index (χ3n) is 4.49. The molecule has 0 N–H and O–H groups in total. The molecule has 0 fully saturated rings. The second-order valence-corrected chi connectivity index (χ2v) is 7.41. The zero-order valence-electron chi connectivity index (χ0n) is 13.1. The summed E-state index contributed by atoms with van der Waals surface area (Å²) < 4.78 is 1.75. The number of carboxylic acids is 1. The second-order valence-electron chi connectivity index (χ2n) is 6.33. The van der Waals surface area contributed by atoms with Crippen LogP contribution in [0.5, 0.6) is 0 Å². The number of nitrogens with zero attached hydrogens (tertiary/aromatic N) is 4. The number of hydrogen-bond donors (Lipinski definition) is 0. The van der Waals surface area contributed by atoms with Gasteiger partial charge in [0.05, 0.1) is 5.39 Å². The maximum Gasteiger partial charge on any atom is 0.168 e. The van der Waals surface area contributed by atoms with Gasteiger partial charge in [0.25, 0.3) is 0 Å². The van der Waals surface area contributed by atoms with Crippen LogP contribution in [0, 0.1) is 12.8 Å². The number of carboxylic acid groups (broad SMARTS) is 1. The minimum Gasteiger partial charge on any atom is -0.550 e. The van der Waals surface area contributed by atoms with Gasteiger partial charge in [-0.1, -0.05) is 6.92 Å². The van der Waals surface area contributed by atoms with Crippen molar-refractivity contribution in [2.75, 3.05) is 0 Å². The van der Waals surface area contributed by atoms with Crippen molar-refractivity contribution in [3.05, 3.63) is 22.1 Å². The predicted octanol–water partition coefficient (Wildman–Crippen LogP) is 1.45. The van der Waals surface area contributed by atoms with Gasteiger partial charge in [-0.05, 0) is 44.1 Å². The smallest absolute Gasteiger partial charge is 0.168 e. The van der Waals surface area contributed by atoms with Gasteiger partial charge in [0.1, 0.15) is 10.7 Å². The Bertz CT molecular complexity index is 927. The lowest BCUT2D eigenvalue weighted by Gasteiger charge is -2.17. The lowest BCUT2D eigenvalue weighted by Crippen LogP contribution is -2.22. The summed E-state index contributed by atoms with van der Waals surface area (Å²) in [4.78, 5) is 22.4. The molecule has 1 aliphatic rings. The number of carbonyl (C=O) groups is 1. The zero-order chi connectivity index (χ0) is 16.1. The Morgan fingerprint density at radius 3 is 3.04 bits per heavy atom. The molecule has 0 unspecified atom stereocenters. The van der Waals surface area contributed by atoms with Crippen LogP contribution in [-0.2, 0) is 24.1 Å². The van der Waals surface area contributed by atoms with Crippen LogP contribution < -0.4 is 5.11 Å². The Morgan fingerprint density at radius 1 is 1.43 bits per heavy atom. The van der Waals surface area contributed by atoms with E-state index in [1.807, 2.05) is 6.92 Å². The summed E-state index contributed by atoms with van der Waals surface area (Å²) in [6.45, 7) is 4.19. The first kappa shape index (κ1) is 14.6. The molecule has 0 aromatic carbocycles. The average Bonchev–Trinajstić information content (AvgIpc) is 3.06. The number of hydrogen-bond acceptors (Lipinski definition) is 6. The molecule has 0 saturated carbocycles. The van der Waals surface area contributed by atoms with Crippen LogP contribution in [0.3, 0.4) is 0 Å². The zero-order valence-corrected chi connectivity index (χ0v) is 13.9. The monoisotopic (exact) mass is 329 g/mol. The van der Waals surface area contributed by atoms with Gasteiger partial charge in [-0.2, -0.15) is 4.52 Å². The van der Waals surface area contributed by atoms with Crippen LogP contribution in [0.1, 0.15) is 41.9 Å². The molecule has 1 aliphatic carbocycles. The van der Waals surface area contributed by atoms with Crippen LogP contribution >= 0.6 is 11.3 Å². The largest absolute Gasteiger partial charge is 0.550 e. The maximum atomic E-state index is 10.7. The van der Waals surface area contributed by atoms with E-state index in [-0.39, 0.29) is 12.8 Å². The molecule has 0 aliphatic heterocycles. The molecular formula is C16H17N4O2S-. The first-order chi connectivity index (χ1) is 11.0. The normalized spacial score (nSPS) is 17.7.